The lowest BCUT2D eigenvalue weighted by Crippen LogP contribution is -2.29. The molecular weight excluding hydrogens is 675 g/mol. The molecule has 5 aromatic rings. The summed E-state index contributed by atoms with van der Waals surface area (Å²) in [7, 11) is 1.93. The normalized spacial score (nSPS) is 20.9. The van der Waals surface area contributed by atoms with E-state index in [1.807, 2.05) is 64.0 Å². The number of ether oxygens (including phenoxy) is 3. The minimum absolute atomic E-state index is 0.0202. The monoisotopic (exact) mass is 717 g/mol. The van der Waals surface area contributed by atoms with Crippen LogP contribution in [0.1, 0.15) is 82.6 Å². The van der Waals surface area contributed by atoms with Crippen molar-refractivity contribution in [1.29, 1.82) is 0 Å². The van der Waals surface area contributed by atoms with Gasteiger partial charge in [-0.15, -0.1) is 11.3 Å². The van der Waals surface area contributed by atoms with E-state index >= 15 is 0 Å². The average Bonchev–Trinajstić information content (AvgIpc) is 3.70. The van der Waals surface area contributed by atoms with E-state index in [2.05, 4.69) is 41.3 Å². The van der Waals surface area contributed by atoms with Gasteiger partial charge >= 0.3 is 5.97 Å². The number of hydrogen-bond acceptors (Lipinski definition) is 9. The van der Waals surface area contributed by atoms with E-state index in [1.165, 1.54) is 11.3 Å². The topological polar surface area (TPSA) is 121 Å². The summed E-state index contributed by atoms with van der Waals surface area (Å²) >= 11 is 1.50. The molecular formula is C41H43N5O5S. The van der Waals surface area contributed by atoms with Crippen LogP contribution in [0.15, 0.2) is 67.0 Å². The molecule has 3 aliphatic rings. The highest BCUT2D eigenvalue weighted by Crippen LogP contribution is 2.48. The summed E-state index contributed by atoms with van der Waals surface area (Å²) in [5, 5.41) is 16.8. The van der Waals surface area contributed by atoms with Crippen molar-refractivity contribution in [3.63, 3.8) is 0 Å². The number of carboxylic acid groups (broad SMARTS) is 1. The van der Waals surface area contributed by atoms with Gasteiger partial charge in [0.25, 0.3) is 0 Å². The number of carboxylic acids is 1. The lowest BCUT2D eigenvalue weighted by Gasteiger charge is -2.34. The molecule has 3 aromatic heterocycles. The van der Waals surface area contributed by atoms with E-state index in [-0.39, 0.29) is 17.9 Å². The van der Waals surface area contributed by atoms with Crippen LogP contribution >= 0.6 is 11.3 Å². The highest BCUT2D eigenvalue weighted by atomic mass is 32.1. The molecule has 0 amide bonds. The molecule has 0 radical (unpaired) electrons. The van der Waals surface area contributed by atoms with E-state index in [1.54, 1.807) is 12.4 Å². The van der Waals surface area contributed by atoms with Crippen LogP contribution in [0.25, 0.3) is 48.7 Å². The van der Waals surface area contributed by atoms with Crippen molar-refractivity contribution in [2.45, 2.75) is 84.5 Å². The van der Waals surface area contributed by atoms with Crippen LogP contribution in [0.4, 0.5) is 0 Å². The van der Waals surface area contributed by atoms with Crippen LogP contribution in [-0.4, -0.2) is 47.5 Å². The number of allylic oxidation sites excluding steroid dienone is 5. The number of aromatic nitrogens is 5. The van der Waals surface area contributed by atoms with Crippen LogP contribution in [0.5, 0.6) is 5.75 Å². The Labute approximate surface area is 306 Å². The van der Waals surface area contributed by atoms with Gasteiger partial charge in [-0.2, -0.15) is 5.10 Å². The van der Waals surface area contributed by atoms with E-state index in [0.29, 0.717) is 28.4 Å². The van der Waals surface area contributed by atoms with E-state index < -0.39 is 17.7 Å². The zero-order valence-electron chi connectivity index (χ0n) is 30.3. The van der Waals surface area contributed by atoms with Crippen molar-refractivity contribution in [3.05, 3.63) is 83.7 Å². The fourth-order valence-corrected chi connectivity index (χ4v) is 8.86. The van der Waals surface area contributed by atoms with Crippen LogP contribution in [0.3, 0.4) is 0 Å². The van der Waals surface area contributed by atoms with Crippen LogP contribution in [0, 0.1) is 18.8 Å². The summed E-state index contributed by atoms with van der Waals surface area (Å²) in [6.07, 6.45) is 17.0. The molecule has 10 nitrogen and oxygen atoms in total. The molecule has 2 unspecified atom stereocenters. The van der Waals surface area contributed by atoms with Gasteiger partial charge in [0, 0.05) is 41.1 Å². The summed E-state index contributed by atoms with van der Waals surface area (Å²) in [5.41, 5.74) is 6.58. The smallest absolute Gasteiger partial charge is 0.337 e. The number of thiazole rings is 1. The first-order chi connectivity index (χ1) is 24.9. The fourth-order valence-electron chi connectivity index (χ4n) is 7.76. The SMILES string of the molecule is Cc1cc2nc3sc2c(c1[C@H](OC(C)(C)C)C(=O)O)C1=CC=C2OC=CC(CCCC[C@H](C)Oc4cc5c(cnn5C)cc4-c4cncc-3n4)C2C1. The Morgan fingerprint density at radius 2 is 1.88 bits per heavy atom. The Hall–Kier alpha value is -4.87. The Balaban J connectivity index is 1.35. The molecule has 11 heteroatoms. The summed E-state index contributed by atoms with van der Waals surface area (Å²) in [4.78, 5) is 27.9. The number of fused-ring (bicyclic) bond motifs is 9. The molecule has 2 aliphatic heterocycles. The largest absolute Gasteiger partial charge is 0.490 e. The van der Waals surface area contributed by atoms with Crippen molar-refractivity contribution < 1.29 is 24.1 Å². The average molecular weight is 718 g/mol. The maximum absolute atomic E-state index is 13.0. The van der Waals surface area contributed by atoms with Gasteiger partial charge in [-0.1, -0.05) is 12.5 Å². The summed E-state index contributed by atoms with van der Waals surface area (Å²) in [6.45, 7) is 9.74. The summed E-state index contributed by atoms with van der Waals surface area (Å²) in [5.74, 6) is 1.06. The van der Waals surface area contributed by atoms with Crippen molar-refractivity contribution in [2.75, 3.05) is 0 Å². The molecule has 1 N–H and O–H groups in total. The minimum Gasteiger partial charge on any atom is -0.490 e. The fraction of sp³-hybridized carbons (Fsp3) is 0.390. The lowest BCUT2D eigenvalue weighted by molar-refractivity contribution is -0.160. The molecule has 5 heterocycles. The number of rotatable bonds is 3. The second-order valence-corrected chi connectivity index (χ2v) is 16.2. The number of hydrogen-bond donors (Lipinski definition) is 1. The number of benzene rings is 2. The molecule has 0 fully saturated rings. The van der Waals surface area contributed by atoms with Gasteiger partial charge < -0.3 is 19.3 Å². The molecule has 2 aromatic carbocycles. The van der Waals surface area contributed by atoms with Gasteiger partial charge in [0.05, 0.1) is 58.0 Å². The first-order valence-electron chi connectivity index (χ1n) is 18.0. The van der Waals surface area contributed by atoms with Crippen LogP contribution in [-0.2, 0) is 21.3 Å². The van der Waals surface area contributed by atoms with Gasteiger partial charge in [-0.3, -0.25) is 9.67 Å². The van der Waals surface area contributed by atoms with E-state index in [0.717, 1.165) is 80.6 Å². The van der Waals surface area contributed by atoms with Gasteiger partial charge in [-0.05, 0) is 102 Å². The standard InChI is InChI=1S/C41H43N5O5S/c1-22-15-29-38-36(35(22)37(40(47)48)51-41(3,4)5)25-11-12-33-27(16-25)24(13-14-49-33)10-8-7-9-23(2)50-34-18-32-26(19-43-46(32)6)17-28(34)30-20-42-21-31(44-30)39(45-29)52-38/h11-15,17-21,23-24,27,37H,7-10,16H2,1-6H3,(H,47,48)/t23-,24?,27?,37-/m0/s1. The lowest BCUT2D eigenvalue weighted by atomic mass is 9.76. The number of carbonyl (C=O) groups is 1. The summed E-state index contributed by atoms with van der Waals surface area (Å²) < 4.78 is 21.8. The molecule has 268 valence electrons. The zero-order chi connectivity index (χ0) is 36.3. The minimum atomic E-state index is -1.18. The predicted octanol–water partition coefficient (Wildman–Crippen LogP) is 9.34. The second-order valence-electron chi connectivity index (χ2n) is 15.2. The third kappa shape index (κ3) is 6.41. The van der Waals surface area contributed by atoms with Gasteiger partial charge in [-0.25, -0.2) is 14.8 Å². The Kier molecular flexibility index (Phi) is 8.74. The Bertz CT molecular complexity index is 2310. The van der Waals surface area contributed by atoms with Crippen LogP contribution < -0.4 is 4.74 Å². The van der Waals surface area contributed by atoms with Crippen LogP contribution in [0.2, 0.25) is 0 Å². The highest BCUT2D eigenvalue weighted by molar-refractivity contribution is 7.22. The van der Waals surface area contributed by atoms with E-state index in [9.17, 15) is 9.90 Å². The third-order valence-corrected chi connectivity index (χ3v) is 11.3. The Morgan fingerprint density at radius 3 is 2.69 bits per heavy atom. The third-order valence-electron chi connectivity index (χ3n) is 10.2. The van der Waals surface area contributed by atoms with E-state index in [4.69, 9.17) is 24.2 Å². The zero-order valence-corrected chi connectivity index (χ0v) is 31.2. The molecule has 8 rings (SSSR count). The number of aliphatic carboxylic acids is 1. The molecule has 0 saturated carbocycles. The maximum Gasteiger partial charge on any atom is 0.337 e. The maximum atomic E-state index is 13.0. The first-order valence-corrected chi connectivity index (χ1v) is 18.8. The highest BCUT2D eigenvalue weighted by Gasteiger charge is 2.36. The molecule has 52 heavy (non-hydrogen) atoms. The number of aryl methyl sites for hydroxylation is 2. The molecule has 4 atom stereocenters. The predicted molar refractivity (Wildman–Crippen MR) is 203 cm³/mol. The van der Waals surface area contributed by atoms with Gasteiger partial charge in [0.1, 0.15) is 22.2 Å². The molecule has 0 saturated heterocycles. The number of nitrogens with zero attached hydrogens (tertiary/aromatic N) is 5. The van der Waals surface area contributed by atoms with Crippen molar-refractivity contribution in [3.8, 4) is 27.7 Å². The first kappa shape index (κ1) is 34.2. The van der Waals surface area contributed by atoms with Crippen molar-refractivity contribution in [1.82, 2.24) is 24.7 Å². The molecule has 6 bridgehead atoms. The quantitative estimate of drug-likeness (QED) is 0.195. The molecule has 0 spiro atoms. The Morgan fingerprint density at radius 1 is 1.08 bits per heavy atom. The second kappa shape index (κ2) is 13.3. The van der Waals surface area contributed by atoms with Gasteiger partial charge in [0.2, 0.25) is 0 Å². The van der Waals surface area contributed by atoms with Crippen molar-refractivity contribution in [2.24, 2.45) is 18.9 Å². The van der Waals surface area contributed by atoms with Crippen molar-refractivity contribution >= 4 is 44.0 Å². The summed E-state index contributed by atoms with van der Waals surface area (Å²) in [6, 6.07) is 6.10. The van der Waals surface area contributed by atoms with Gasteiger partial charge in [0.15, 0.2) is 6.10 Å². The molecule has 1 aliphatic carbocycles.